The number of carbonyl (C=O) groups is 1. The molecule has 2 nitrogen and oxygen atoms in total. The summed E-state index contributed by atoms with van der Waals surface area (Å²) in [5.74, 6) is -0.355. The molecular weight excluding hydrogens is 212 g/mol. The Bertz CT molecular complexity index is 404. The van der Waals surface area contributed by atoms with Gasteiger partial charge in [-0.15, -0.1) is 0 Å². The van der Waals surface area contributed by atoms with Gasteiger partial charge in [-0.2, -0.15) is 0 Å². The van der Waals surface area contributed by atoms with Crippen molar-refractivity contribution >= 4 is 12.0 Å². The number of rotatable bonds is 5. The van der Waals surface area contributed by atoms with Crippen molar-refractivity contribution in [2.45, 2.75) is 26.4 Å². The Morgan fingerprint density at radius 1 is 1.41 bits per heavy atom. The summed E-state index contributed by atoms with van der Waals surface area (Å²) in [7, 11) is 0. The zero-order valence-corrected chi connectivity index (χ0v) is 10.3. The third-order valence-electron chi connectivity index (χ3n) is 2.42. The van der Waals surface area contributed by atoms with Crippen LogP contribution in [0.1, 0.15) is 25.8 Å². The minimum Gasteiger partial charge on any atom is -0.459 e. The molecule has 17 heavy (non-hydrogen) atoms. The van der Waals surface area contributed by atoms with Crippen molar-refractivity contribution in [1.29, 1.82) is 0 Å². The van der Waals surface area contributed by atoms with Crippen molar-refractivity contribution in [3.05, 3.63) is 54.1 Å². The maximum absolute atomic E-state index is 11.6. The van der Waals surface area contributed by atoms with Gasteiger partial charge in [-0.1, -0.05) is 49.9 Å². The fourth-order valence-corrected chi connectivity index (χ4v) is 1.17. The number of benzene rings is 1. The van der Waals surface area contributed by atoms with Gasteiger partial charge in [0, 0.05) is 0 Å². The van der Waals surface area contributed by atoms with E-state index in [2.05, 4.69) is 6.58 Å². The van der Waals surface area contributed by atoms with Crippen LogP contribution in [0, 0.1) is 0 Å². The van der Waals surface area contributed by atoms with E-state index in [-0.39, 0.29) is 12.1 Å². The molecule has 0 saturated heterocycles. The number of carbonyl (C=O) groups excluding carboxylic acids is 1. The van der Waals surface area contributed by atoms with E-state index in [1.54, 1.807) is 6.08 Å². The topological polar surface area (TPSA) is 26.3 Å². The molecular formula is C15H18O2. The second kappa shape index (κ2) is 6.69. The first-order valence-corrected chi connectivity index (χ1v) is 5.76. The standard InChI is InChI=1S/C15H18O2/c1-4-13(3)17-15(16)12(2)10-11-14-8-6-5-7-9-14/h5-11,13H,2,4H2,1,3H3. The summed E-state index contributed by atoms with van der Waals surface area (Å²) < 4.78 is 5.16. The molecule has 0 fully saturated rings. The summed E-state index contributed by atoms with van der Waals surface area (Å²) in [5, 5.41) is 0. The van der Waals surface area contributed by atoms with Crippen LogP contribution in [0.2, 0.25) is 0 Å². The molecule has 1 rings (SSSR count). The maximum Gasteiger partial charge on any atom is 0.337 e. The highest BCUT2D eigenvalue weighted by Gasteiger charge is 2.08. The van der Waals surface area contributed by atoms with Gasteiger partial charge in [-0.05, 0) is 25.0 Å². The van der Waals surface area contributed by atoms with Gasteiger partial charge in [0.1, 0.15) is 0 Å². The fourth-order valence-electron chi connectivity index (χ4n) is 1.17. The van der Waals surface area contributed by atoms with Crippen molar-refractivity contribution in [3.63, 3.8) is 0 Å². The van der Waals surface area contributed by atoms with Crippen LogP contribution in [-0.4, -0.2) is 12.1 Å². The number of ether oxygens (including phenoxy) is 1. The second-order valence-corrected chi connectivity index (χ2v) is 3.89. The fraction of sp³-hybridized carbons (Fsp3) is 0.267. The molecule has 0 aliphatic carbocycles. The van der Waals surface area contributed by atoms with Crippen LogP contribution in [-0.2, 0) is 9.53 Å². The normalized spacial score (nSPS) is 12.4. The molecule has 0 amide bonds. The van der Waals surface area contributed by atoms with Crippen LogP contribution in [0.25, 0.3) is 6.08 Å². The highest BCUT2D eigenvalue weighted by atomic mass is 16.5. The molecule has 90 valence electrons. The van der Waals surface area contributed by atoms with Crippen LogP contribution < -0.4 is 0 Å². The monoisotopic (exact) mass is 230 g/mol. The van der Waals surface area contributed by atoms with E-state index in [9.17, 15) is 4.79 Å². The van der Waals surface area contributed by atoms with Crippen molar-refractivity contribution in [3.8, 4) is 0 Å². The average Bonchev–Trinajstić information content (AvgIpc) is 2.36. The molecule has 0 aliphatic heterocycles. The van der Waals surface area contributed by atoms with Crippen molar-refractivity contribution in [2.75, 3.05) is 0 Å². The number of hydrogen-bond donors (Lipinski definition) is 0. The molecule has 0 aromatic heterocycles. The summed E-state index contributed by atoms with van der Waals surface area (Å²) in [6, 6.07) is 9.76. The molecule has 0 bridgehead atoms. The Labute approximate surface area is 103 Å². The molecule has 2 heteroatoms. The highest BCUT2D eigenvalue weighted by Crippen LogP contribution is 2.07. The number of hydrogen-bond acceptors (Lipinski definition) is 2. The van der Waals surface area contributed by atoms with Crippen LogP contribution in [0.4, 0.5) is 0 Å². The largest absolute Gasteiger partial charge is 0.459 e. The van der Waals surface area contributed by atoms with Crippen LogP contribution in [0.5, 0.6) is 0 Å². The van der Waals surface area contributed by atoms with Gasteiger partial charge < -0.3 is 4.74 Å². The minimum atomic E-state index is -0.355. The lowest BCUT2D eigenvalue weighted by Crippen LogP contribution is -2.14. The van der Waals surface area contributed by atoms with Crippen molar-refractivity contribution < 1.29 is 9.53 Å². The minimum absolute atomic E-state index is 0.0654. The highest BCUT2D eigenvalue weighted by molar-refractivity contribution is 5.92. The summed E-state index contributed by atoms with van der Waals surface area (Å²) in [4.78, 5) is 11.6. The van der Waals surface area contributed by atoms with Gasteiger partial charge in [0.2, 0.25) is 0 Å². The van der Waals surface area contributed by atoms with Crippen LogP contribution in [0.3, 0.4) is 0 Å². The van der Waals surface area contributed by atoms with Gasteiger partial charge in [0.15, 0.2) is 0 Å². The first-order valence-electron chi connectivity index (χ1n) is 5.76. The lowest BCUT2D eigenvalue weighted by atomic mass is 10.2. The average molecular weight is 230 g/mol. The molecule has 0 aliphatic rings. The second-order valence-electron chi connectivity index (χ2n) is 3.89. The quantitative estimate of drug-likeness (QED) is 0.439. The molecule has 1 aromatic carbocycles. The molecule has 0 spiro atoms. The van der Waals surface area contributed by atoms with E-state index in [0.29, 0.717) is 5.57 Å². The molecule has 1 aromatic rings. The molecule has 0 heterocycles. The third kappa shape index (κ3) is 4.68. The molecule has 0 radical (unpaired) electrons. The van der Waals surface area contributed by atoms with Crippen LogP contribution >= 0.6 is 0 Å². The van der Waals surface area contributed by atoms with Gasteiger partial charge in [-0.3, -0.25) is 0 Å². The van der Waals surface area contributed by atoms with Gasteiger partial charge in [0.05, 0.1) is 11.7 Å². The predicted molar refractivity (Wildman–Crippen MR) is 70.5 cm³/mol. The van der Waals surface area contributed by atoms with Crippen molar-refractivity contribution in [1.82, 2.24) is 0 Å². The first-order chi connectivity index (χ1) is 8.13. The maximum atomic E-state index is 11.6. The van der Waals surface area contributed by atoms with E-state index >= 15 is 0 Å². The smallest absolute Gasteiger partial charge is 0.337 e. The van der Waals surface area contributed by atoms with Crippen molar-refractivity contribution in [2.24, 2.45) is 0 Å². The Balaban J connectivity index is 2.55. The van der Waals surface area contributed by atoms with Gasteiger partial charge in [-0.25, -0.2) is 4.79 Å². The lowest BCUT2D eigenvalue weighted by Gasteiger charge is -2.10. The van der Waals surface area contributed by atoms with E-state index in [1.165, 1.54) is 0 Å². The van der Waals surface area contributed by atoms with Gasteiger partial charge in [0.25, 0.3) is 0 Å². The third-order valence-corrected chi connectivity index (χ3v) is 2.42. The van der Waals surface area contributed by atoms with E-state index in [4.69, 9.17) is 4.74 Å². The van der Waals surface area contributed by atoms with Gasteiger partial charge >= 0.3 is 5.97 Å². The Kier molecular flexibility index (Phi) is 5.21. The van der Waals surface area contributed by atoms with Crippen LogP contribution in [0.15, 0.2) is 48.6 Å². The van der Waals surface area contributed by atoms with E-state index < -0.39 is 0 Å². The Morgan fingerprint density at radius 2 is 2.06 bits per heavy atom. The summed E-state index contributed by atoms with van der Waals surface area (Å²) in [5.41, 5.74) is 1.40. The zero-order chi connectivity index (χ0) is 12.7. The van der Waals surface area contributed by atoms with E-state index in [0.717, 1.165) is 12.0 Å². The molecule has 1 atom stereocenters. The molecule has 1 unspecified atom stereocenters. The summed E-state index contributed by atoms with van der Waals surface area (Å²) in [6.07, 6.45) is 4.27. The lowest BCUT2D eigenvalue weighted by molar-refractivity contribution is -0.143. The SMILES string of the molecule is C=C(C=Cc1ccccc1)C(=O)OC(C)CC. The number of esters is 1. The Hall–Kier alpha value is -1.83. The Morgan fingerprint density at radius 3 is 2.65 bits per heavy atom. The molecule has 0 N–H and O–H groups in total. The predicted octanol–water partition coefficient (Wildman–Crippen LogP) is 3.60. The zero-order valence-electron chi connectivity index (χ0n) is 10.3. The first kappa shape index (κ1) is 13.2. The van der Waals surface area contributed by atoms with E-state index in [1.807, 2.05) is 50.3 Å². The summed E-state index contributed by atoms with van der Waals surface area (Å²) >= 11 is 0. The molecule has 0 saturated carbocycles. The summed E-state index contributed by atoms with van der Waals surface area (Å²) in [6.45, 7) is 7.54.